The molecule has 110 valence electrons. The Balaban J connectivity index is 1.19. The van der Waals surface area contributed by atoms with Crippen molar-refractivity contribution in [2.75, 3.05) is 26.3 Å². The van der Waals surface area contributed by atoms with E-state index in [0.717, 1.165) is 38.6 Å². The molecule has 0 bridgehead atoms. The van der Waals surface area contributed by atoms with Crippen LogP contribution in [0, 0.1) is 5.92 Å². The standard InChI is InChI=1S/C16H29NO2/c1-2-8-16(7-1)9-6-15(19-16)12-17-10-3-11-18-13-14-4-5-14/h14-15,17H,1-13H2. The van der Waals surface area contributed by atoms with E-state index in [4.69, 9.17) is 9.47 Å². The summed E-state index contributed by atoms with van der Waals surface area (Å²) >= 11 is 0. The molecular formula is C16H29NO2. The van der Waals surface area contributed by atoms with Crippen molar-refractivity contribution in [2.45, 2.75) is 69.5 Å². The molecule has 1 saturated heterocycles. The second-order valence-electron chi connectivity index (χ2n) is 6.74. The van der Waals surface area contributed by atoms with Crippen molar-refractivity contribution in [3.8, 4) is 0 Å². The highest BCUT2D eigenvalue weighted by Crippen LogP contribution is 2.43. The summed E-state index contributed by atoms with van der Waals surface area (Å²) in [6, 6.07) is 0. The van der Waals surface area contributed by atoms with Crippen LogP contribution in [0.25, 0.3) is 0 Å². The van der Waals surface area contributed by atoms with E-state index < -0.39 is 0 Å². The van der Waals surface area contributed by atoms with Gasteiger partial charge < -0.3 is 14.8 Å². The maximum Gasteiger partial charge on any atom is 0.0708 e. The molecule has 2 saturated carbocycles. The van der Waals surface area contributed by atoms with Gasteiger partial charge in [0.25, 0.3) is 0 Å². The smallest absolute Gasteiger partial charge is 0.0708 e. The van der Waals surface area contributed by atoms with Gasteiger partial charge in [-0.3, -0.25) is 0 Å². The molecule has 0 radical (unpaired) electrons. The number of hydrogen-bond acceptors (Lipinski definition) is 3. The molecule has 2 aliphatic carbocycles. The fraction of sp³-hybridized carbons (Fsp3) is 1.00. The van der Waals surface area contributed by atoms with Crippen molar-refractivity contribution in [2.24, 2.45) is 5.92 Å². The van der Waals surface area contributed by atoms with Crippen molar-refractivity contribution in [1.29, 1.82) is 0 Å². The monoisotopic (exact) mass is 267 g/mol. The number of rotatable bonds is 8. The molecule has 3 aliphatic rings. The zero-order valence-electron chi connectivity index (χ0n) is 12.2. The molecule has 1 spiro atoms. The highest BCUT2D eigenvalue weighted by Gasteiger charge is 2.41. The molecule has 1 unspecified atom stereocenters. The summed E-state index contributed by atoms with van der Waals surface area (Å²) in [5.41, 5.74) is 0.291. The molecular weight excluding hydrogens is 238 g/mol. The normalized spacial score (nSPS) is 29.4. The number of nitrogens with one attached hydrogen (secondary N) is 1. The Hall–Kier alpha value is -0.120. The molecule has 3 fully saturated rings. The van der Waals surface area contributed by atoms with Crippen LogP contribution >= 0.6 is 0 Å². The van der Waals surface area contributed by atoms with Gasteiger partial charge in [-0.25, -0.2) is 0 Å². The predicted octanol–water partition coefficient (Wildman–Crippen LogP) is 2.88. The van der Waals surface area contributed by atoms with Gasteiger partial charge in [0.15, 0.2) is 0 Å². The Morgan fingerprint density at radius 3 is 2.74 bits per heavy atom. The van der Waals surface area contributed by atoms with Crippen molar-refractivity contribution in [3.63, 3.8) is 0 Å². The Morgan fingerprint density at radius 1 is 1.11 bits per heavy atom. The summed E-state index contributed by atoms with van der Waals surface area (Å²) in [6.07, 6.45) is 12.3. The summed E-state index contributed by atoms with van der Waals surface area (Å²) in [5.74, 6) is 0.891. The molecule has 0 aromatic rings. The summed E-state index contributed by atoms with van der Waals surface area (Å²) in [5, 5.41) is 3.53. The van der Waals surface area contributed by atoms with Gasteiger partial charge in [0.2, 0.25) is 0 Å². The minimum absolute atomic E-state index is 0.291. The fourth-order valence-electron chi connectivity index (χ4n) is 3.52. The first-order chi connectivity index (χ1) is 9.36. The first-order valence-electron chi connectivity index (χ1n) is 8.33. The molecule has 1 aliphatic heterocycles. The zero-order chi connectivity index (χ0) is 13.0. The van der Waals surface area contributed by atoms with Crippen LogP contribution in [0.4, 0.5) is 0 Å². The first kappa shape index (κ1) is 13.8. The summed E-state index contributed by atoms with van der Waals surface area (Å²) in [4.78, 5) is 0. The minimum Gasteiger partial charge on any atom is -0.381 e. The van der Waals surface area contributed by atoms with Gasteiger partial charge in [0, 0.05) is 19.8 Å². The SMILES string of the molecule is C(CNCC1CCC2(CCCC2)O1)COCC1CC1. The second-order valence-corrected chi connectivity index (χ2v) is 6.74. The van der Waals surface area contributed by atoms with Crippen LogP contribution in [0.15, 0.2) is 0 Å². The summed E-state index contributed by atoms with van der Waals surface area (Å²) in [7, 11) is 0. The van der Waals surface area contributed by atoms with E-state index >= 15 is 0 Å². The van der Waals surface area contributed by atoms with Gasteiger partial charge >= 0.3 is 0 Å². The maximum atomic E-state index is 6.28. The largest absolute Gasteiger partial charge is 0.381 e. The molecule has 3 rings (SSSR count). The van der Waals surface area contributed by atoms with Gasteiger partial charge in [0.1, 0.15) is 0 Å². The van der Waals surface area contributed by atoms with Crippen LogP contribution in [0.5, 0.6) is 0 Å². The Kier molecular flexibility index (Phi) is 4.78. The minimum atomic E-state index is 0.291. The number of ether oxygens (including phenoxy) is 2. The third-order valence-electron chi connectivity index (χ3n) is 4.92. The maximum absolute atomic E-state index is 6.28. The Morgan fingerprint density at radius 2 is 1.95 bits per heavy atom. The van der Waals surface area contributed by atoms with Crippen LogP contribution in [0.1, 0.15) is 57.8 Å². The van der Waals surface area contributed by atoms with Crippen molar-refractivity contribution in [3.05, 3.63) is 0 Å². The molecule has 0 aromatic carbocycles. The first-order valence-corrected chi connectivity index (χ1v) is 8.33. The van der Waals surface area contributed by atoms with Crippen LogP contribution in [0.2, 0.25) is 0 Å². The molecule has 0 amide bonds. The Labute approximate surface area is 117 Å². The highest BCUT2D eigenvalue weighted by atomic mass is 16.5. The second kappa shape index (κ2) is 6.55. The van der Waals surface area contributed by atoms with Gasteiger partial charge in [0.05, 0.1) is 11.7 Å². The number of hydrogen-bond donors (Lipinski definition) is 1. The average Bonchev–Trinajstić information content (AvgIpc) is 2.99. The molecule has 3 heteroatoms. The van der Waals surface area contributed by atoms with E-state index in [1.54, 1.807) is 0 Å². The van der Waals surface area contributed by atoms with Crippen LogP contribution in [-0.2, 0) is 9.47 Å². The molecule has 19 heavy (non-hydrogen) atoms. The van der Waals surface area contributed by atoms with Gasteiger partial charge in [-0.15, -0.1) is 0 Å². The lowest BCUT2D eigenvalue weighted by Crippen LogP contribution is -2.31. The van der Waals surface area contributed by atoms with Crippen LogP contribution in [0.3, 0.4) is 0 Å². The highest BCUT2D eigenvalue weighted by molar-refractivity contribution is 4.93. The van der Waals surface area contributed by atoms with Crippen molar-refractivity contribution < 1.29 is 9.47 Å². The lowest BCUT2D eigenvalue weighted by Gasteiger charge is -2.23. The lowest BCUT2D eigenvalue weighted by molar-refractivity contribution is -0.0351. The molecule has 1 N–H and O–H groups in total. The van der Waals surface area contributed by atoms with Gasteiger partial charge in [-0.05, 0) is 57.4 Å². The quantitative estimate of drug-likeness (QED) is 0.686. The van der Waals surface area contributed by atoms with E-state index in [9.17, 15) is 0 Å². The summed E-state index contributed by atoms with van der Waals surface area (Å²) in [6.45, 7) is 4.01. The molecule has 0 aromatic heterocycles. The average molecular weight is 267 g/mol. The van der Waals surface area contributed by atoms with Crippen molar-refractivity contribution >= 4 is 0 Å². The van der Waals surface area contributed by atoms with E-state index in [1.807, 2.05) is 0 Å². The van der Waals surface area contributed by atoms with Crippen LogP contribution in [-0.4, -0.2) is 38.0 Å². The third kappa shape index (κ3) is 4.17. The van der Waals surface area contributed by atoms with E-state index in [2.05, 4.69) is 5.32 Å². The Bertz CT molecular complexity index is 272. The third-order valence-corrected chi connectivity index (χ3v) is 4.92. The summed E-state index contributed by atoms with van der Waals surface area (Å²) < 4.78 is 11.9. The van der Waals surface area contributed by atoms with Crippen molar-refractivity contribution in [1.82, 2.24) is 5.32 Å². The predicted molar refractivity (Wildman–Crippen MR) is 76.3 cm³/mol. The van der Waals surface area contributed by atoms with Crippen LogP contribution < -0.4 is 5.32 Å². The van der Waals surface area contributed by atoms with Gasteiger partial charge in [-0.2, -0.15) is 0 Å². The van der Waals surface area contributed by atoms with E-state index in [0.29, 0.717) is 11.7 Å². The topological polar surface area (TPSA) is 30.5 Å². The van der Waals surface area contributed by atoms with E-state index in [1.165, 1.54) is 51.4 Å². The fourth-order valence-corrected chi connectivity index (χ4v) is 3.52. The zero-order valence-corrected chi connectivity index (χ0v) is 12.2. The molecule has 3 nitrogen and oxygen atoms in total. The lowest BCUT2D eigenvalue weighted by atomic mass is 9.98. The van der Waals surface area contributed by atoms with Gasteiger partial charge in [-0.1, -0.05) is 12.8 Å². The molecule has 1 heterocycles. The van der Waals surface area contributed by atoms with E-state index in [-0.39, 0.29) is 0 Å². The molecule has 1 atom stereocenters.